The van der Waals surface area contributed by atoms with Crippen molar-refractivity contribution in [2.45, 2.75) is 39.0 Å². The van der Waals surface area contributed by atoms with Gasteiger partial charge in [0, 0.05) is 19.8 Å². The topological polar surface area (TPSA) is 38.3 Å². The number of nitrogens with one attached hydrogen (secondary N) is 1. The summed E-state index contributed by atoms with van der Waals surface area (Å²) in [5, 5.41) is 2.76. The van der Waals surface area contributed by atoms with Crippen molar-refractivity contribution in [3.8, 4) is 0 Å². The highest BCUT2D eigenvalue weighted by Gasteiger charge is 1.93. The maximum absolute atomic E-state index is 10.8. The number of hydrogen-bond acceptors (Lipinski definition) is 2. The van der Waals surface area contributed by atoms with E-state index in [9.17, 15) is 4.79 Å². The summed E-state index contributed by atoms with van der Waals surface area (Å²) in [5.74, 6) is -0.0775. The van der Waals surface area contributed by atoms with Gasteiger partial charge in [0.1, 0.15) is 0 Å². The molecule has 0 aliphatic carbocycles. The highest BCUT2D eigenvalue weighted by atomic mass is 16.5. The van der Waals surface area contributed by atoms with E-state index in [1.165, 1.54) is 25.3 Å². The van der Waals surface area contributed by atoms with Crippen LogP contribution in [0.2, 0.25) is 0 Å². The summed E-state index contributed by atoms with van der Waals surface area (Å²) >= 11 is 0. The number of rotatable bonds is 10. The monoisotopic (exact) mass is 213 g/mol. The van der Waals surface area contributed by atoms with Gasteiger partial charge in [-0.05, 0) is 25.8 Å². The van der Waals surface area contributed by atoms with Gasteiger partial charge >= 0.3 is 0 Å². The van der Waals surface area contributed by atoms with Gasteiger partial charge in [0.15, 0.2) is 0 Å². The Kier molecular flexibility index (Phi) is 10.6. The molecule has 0 saturated carbocycles. The van der Waals surface area contributed by atoms with Gasteiger partial charge in [-0.15, -0.1) is 0 Å². The Labute approximate surface area is 92.9 Å². The van der Waals surface area contributed by atoms with Gasteiger partial charge in [-0.1, -0.05) is 25.8 Å². The molecule has 0 aromatic rings. The van der Waals surface area contributed by atoms with Gasteiger partial charge in [-0.2, -0.15) is 0 Å². The van der Waals surface area contributed by atoms with Crippen LogP contribution in [0.15, 0.2) is 12.7 Å². The molecule has 88 valence electrons. The van der Waals surface area contributed by atoms with Crippen molar-refractivity contribution < 1.29 is 9.53 Å². The fourth-order valence-electron chi connectivity index (χ4n) is 1.29. The normalized spacial score (nSPS) is 9.93. The predicted octanol–water partition coefficient (Wildman–Crippen LogP) is 2.28. The van der Waals surface area contributed by atoms with E-state index < -0.39 is 0 Å². The van der Waals surface area contributed by atoms with Crippen LogP contribution in [0.25, 0.3) is 0 Å². The van der Waals surface area contributed by atoms with Crippen molar-refractivity contribution in [1.82, 2.24) is 5.32 Å². The Hall–Kier alpha value is -0.830. The van der Waals surface area contributed by atoms with Crippen LogP contribution >= 0.6 is 0 Å². The van der Waals surface area contributed by atoms with Gasteiger partial charge in [-0.3, -0.25) is 4.79 Å². The molecule has 15 heavy (non-hydrogen) atoms. The molecule has 0 aliphatic rings. The number of amides is 1. The van der Waals surface area contributed by atoms with E-state index in [0.717, 1.165) is 32.6 Å². The van der Waals surface area contributed by atoms with E-state index in [1.807, 2.05) is 6.92 Å². The second kappa shape index (κ2) is 11.2. The van der Waals surface area contributed by atoms with Crippen molar-refractivity contribution in [2.75, 3.05) is 19.8 Å². The molecule has 0 fully saturated rings. The van der Waals surface area contributed by atoms with E-state index >= 15 is 0 Å². The summed E-state index contributed by atoms with van der Waals surface area (Å²) in [4.78, 5) is 10.8. The summed E-state index contributed by atoms with van der Waals surface area (Å²) in [6.07, 6.45) is 7.11. The Morgan fingerprint density at radius 2 is 1.93 bits per heavy atom. The predicted molar refractivity (Wildman–Crippen MR) is 62.8 cm³/mol. The Morgan fingerprint density at radius 1 is 1.27 bits per heavy atom. The highest BCUT2D eigenvalue weighted by Crippen LogP contribution is 2.02. The molecule has 0 aromatic carbocycles. The molecule has 1 N–H and O–H groups in total. The Bertz CT molecular complexity index is 169. The molecule has 0 saturated heterocycles. The van der Waals surface area contributed by atoms with E-state index in [2.05, 4.69) is 11.9 Å². The van der Waals surface area contributed by atoms with Crippen molar-refractivity contribution in [2.24, 2.45) is 0 Å². The van der Waals surface area contributed by atoms with Gasteiger partial charge < -0.3 is 10.1 Å². The van der Waals surface area contributed by atoms with Crippen molar-refractivity contribution in [3.05, 3.63) is 12.7 Å². The van der Waals surface area contributed by atoms with Crippen LogP contribution < -0.4 is 5.32 Å². The zero-order valence-corrected chi connectivity index (χ0v) is 9.76. The fourth-order valence-corrected chi connectivity index (χ4v) is 1.29. The molecule has 3 nitrogen and oxygen atoms in total. The zero-order chi connectivity index (χ0) is 11.4. The van der Waals surface area contributed by atoms with E-state index in [1.54, 1.807) is 0 Å². The van der Waals surface area contributed by atoms with Crippen LogP contribution in [0, 0.1) is 0 Å². The van der Waals surface area contributed by atoms with Gasteiger partial charge in [0.25, 0.3) is 0 Å². The van der Waals surface area contributed by atoms with Crippen LogP contribution in [-0.4, -0.2) is 25.7 Å². The minimum absolute atomic E-state index is 0.0775. The molecule has 0 radical (unpaired) electrons. The Balaban J connectivity index is 2.98. The molecule has 3 heteroatoms. The summed E-state index contributed by atoms with van der Waals surface area (Å²) in [5.41, 5.74) is 0. The Morgan fingerprint density at radius 3 is 2.60 bits per heavy atom. The van der Waals surface area contributed by atoms with E-state index in [4.69, 9.17) is 4.74 Å². The van der Waals surface area contributed by atoms with Gasteiger partial charge in [-0.25, -0.2) is 0 Å². The molecule has 0 bridgehead atoms. The van der Waals surface area contributed by atoms with Crippen molar-refractivity contribution in [1.29, 1.82) is 0 Å². The lowest BCUT2D eigenvalue weighted by atomic mass is 10.1. The maximum Gasteiger partial charge on any atom is 0.243 e. The first-order valence-corrected chi connectivity index (χ1v) is 5.79. The van der Waals surface area contributed by atoms with Gasteiger partial charge in [0.05, 0.1) is 0 Å². The number of carbonyl (C=O) groups excluding carboxylic acids is 1. The van der Waals surface area contributed by atoms with Crippen LogP contribution in [0.4, 0.5) is 0 Å². The zero-order valence-electron chi connectivity index (χ0n) is 9.76. The molecule has 0 spiro atoms. The van der Waals surface area contributed by atoms with Crippen LogP contribution in [0.5, 0.6) is 0 Å². The quantitative estimate of drug-likeness (QED) is 0.446. The summed E-state index contributed by atoms with van der Waals surface area (Å²) in [6.45, 7) is 7.86. The maximum atomic E-state index is 10.8. The second-order valence-corrected chi connectivity index (χ2v) is 3.46. The van der Waals surface area contributed by atoms with Crippen LogP contribution in [0.1, 0.15) is 39.0 Å². The number of hydrogen-bond donors (Lipinski definition) is 1. The third-order valence-corrected chi connectivity index (χ3v) is 2.15. The first-order chi connectivity index (χ1) is 7.31. The van der Waals surface area contributed by atoms with Crippen LogP contribution in [0.3, 0.4) is 0 Å². The molecule has 0 heterocycles. The average Bonchev–Trinajstić information content (AvgIpc) is 2.26. The SMILES string of the molecule is C=CC(=O)NCCCCCCCOCC. The number of unbranched alkanes of at least 4 members (excludes halogenated alkanes) is 4. The first kappa shape index (κ1) is 14.2. The summed E-state index contributed by atoms with van der Waals surface area (Å²) in [6, 6.07) is 0. The number of ether oxygens (including phenoxy) is 1. The van der Waals surface area contributed by atoms with Gasteiger partial charge in [0.2, 0.25) is 5.91 Å². The molecule has 0 rings (SSSR count). The minimum atomic E-state index is -0.0775. The number of carbonyl (C=O) groups is 1. The van der Waals surface area contributed by atoms with Crippen molar-refractivity contribution >= 4 is 5.91 Å². The molecule has 0 aromatic heterocycles. The fraction of sp³-hybridized carbons (Fsp3) is 0.750. The molecule has 0 atom stereocenters. The highest BCUT2D eigenvalue weighted by molar-refractivity contribution is 5.86. The molecular formula is C12H23NO2. The van der Waals surface area contributed by atoms with Crippen LogP contribution in [-0.2, 0) is 9.53 Å². The van der Waals surface area contributed by atoms with E-state index in [0.29, 0.717) is 0 Å². The second-order valence-electron chi connectivity index (χ2n) is 3.46. The molecular weight excluding hydrogens is 190 g/mol. The van der Waals surface area contributed by atoms with Crippen molar-refractivity contribution in [3.63, 3.8) is 0 Å². The molecule has 1 amide bonds. The van der Waals surface area contributed by atoms with E-state index in [-0.39, 0.29) is 5.91 Å². The summed E-state index contributed by atoms with van der Waals surface area (Å²) in [7, 11) is 0. The molecule has 0 aliphatic heterocycles. The summed E-state index contributed by atoms with van der Waals surface area (Å²) < 4.78 is 5.24. The lowest BCUT2D eigenvalue weighted by molar-refractivity contribution is -0.116. The average molecular weight is 213 g/mol. The standard InChI is InChI=1S/C12H23NO2/c1-3-12(14)13-10-8-6-5-7-9-11-15-4-2/h3H,1,4-11H2,2H3,(H,13,14). The lowest BCUT2D eigenvalue weighted by Crippen LogP contribution is -2.21. The lowest BCUT2D eigenvalue weighted by Gasteiger charge is -2.03. The first-order valence-electron chi connectivity index (χ1n) is 5.79. The third kappa shape index (κ3) is 11.1. The smallest absolute Gasteiger partial charge is 0.243 e. The molecule has 0 unspecified atom stereocenters. The minimum Gasteiger partial charge on any atom is -0.382 e. The third-order valence-electron chi connectivity index (χ3n) is 2.15. The largest absolute Gasteiger partial charge is 0.382 e.